The lowest BCUT2D eigenvalue weighted by Gasteiger charge is -2.28. The van der Waals surface area contributed by atoms with E-state index in [1.54, 1.807) is 31.2 Å². The quantitative estimate of drug-likeness (QED) is 0.302. The van der Waals surface area contributed by atoms with Crippen molar-refractivity contribution in [3.8, 4) is 11.8 Å². The van der Waals surface area contributed by atoms with Crippen molar-refractivity contribution in [2.24, 2.45) is 11.8 Å². The van der Waals surface area contributed by atoms with Gasteiger partial charge in [-0.3, -0.25) is 14.4 Å². The van der Waals surface area contributed by atoms with Gasteiger partial charge in [0.15, 0.2) is 0 Å². The molecule has 1 fully saturated rings. The largest absolute Gasteiger partial charge is 0.493 e. The fourth-order valence-corrected chi connectivity index (χ4v) is 5.21. The third-order valence-electron chi connectivity index (χ3n) is 7.34. The van der Waals surface area contributed by atoms with Crippen molar-refractivity contribution in [1.82, 2.24) is 10.6 Å². The van der Waals surface area contributed by atoms with Crippen molar-refractivity contribution in [3.05, 3.63) is 64.9 Å². The van der Waals surface area contributed by atoms with E-state index >= 15 is 0 Å². The first-order valence-electron chi connectivity index (χ1n) is 12.7. The number of aliphatic carboxylic acids is 1. The Kier molecular flexibility index (Phi) is 8.93. The number of fused-ring (bicyclic) bond motifs is 2. The monoisotopic (exact) mass is 505 g/mol. The molecular weight excluding hydrogens is 470 g/mol. The summed E-state index contributed by atoms with van der Waals surface area (Å²) in [5.41, 5.74) is 2.30. The molecular formula is C29H35N3O5. The number of carboxylic acids is 1. The molecule has 8 heteroatoms. The maximum Gasteiger partial charge on any atom is 0.303 e. The van der Waals surface area contributed by atoms with E-state index in [9.17, 15) is 19.6 Å². The third-order valence-corrected chi connectivity index (χ3v) is 7.34. The molecule has 1 aliphatic heterocycles. The molecule has 1 heterocycles. The number of carbonyl (C=O) groups is 3. The Morgan fingerprint density at radius 3 is 2.73 bits per heavy atom. The average molecular weight is 506 g/mol. The number of allylic oxidation sites excluding steroid dienone is 4. The second-order valence-electron chi connectivity index (χ2n) is 9.63. The highest BCUT2D eigenvalue weighted by Crippen LogP contribution is 2.65. The minimum absolute atomic E-state index is 0.0112. The number of nitrogens with one attached hydrogen (secondary N) is 2. The Balaban J connectivity index is 1.86. The number of carboxylic acid groups (broad SMARTS) is 1. The Bertz CT molecular complexity index is 1190. The molecule has 8 nitrogen and oxygen atoms in total. The van der Waals surface area contributed by atoms with Crippen molar-refractivity contribution >= 4 is 17.8 Å². The van der Waals surface area contributed by atoms with Gasteiger partial charge >= 0.3 is 5.97 Å². The summed E-state index contributed by atoms with van der Waals surface area (Å²) < 4.78 is 5.88. The number of nitrogens with zero attached hydrogens (tertiary/aromatic N) is 1. The van der Waals surface area contributed by atoms with E-state index in [0.29, 0.717) is 60.6 Å². The van der Waals surface area contributed by atoms with Crippen LogP contribution in [0, 0.1) is 23.2 Å². The highest BCUT2D eigenvalue weighted by atomic mass is 16.5. The molecule has 3 N–H and O–H groups in total. The smallest absolute Gasteiger partial charge is 0.303 e. The standard InChI is InChI=1S/C29H35N3O5/c1-5-13-31-27(35)21-10-11-24-22(16-21)29(12-14-37-24)19(4)26(29)28(36)32-23(15-20(6-2)17-30)18(3)8-7-9-25(33)34/h6,10-11,15-16,19,26H,3,5,7-9,12-14H2,1-2,4H3,(H,31,35)(H,32,36)(H,33,34)/b20-6+,23-15+/t19-,26-,29-/m0/s1. The van der Waals surface area contributed by atoms with Crippen LogP contribution in [0.4, 0.5) is 0 Å². The van der Waals surface area contributed by atoms with Gasteiger partial charge in [0.2, 0.25) is 5.91 Å². The first-order chi connectivity index (χ1) is 17.7. The van der Waals surface area contributed by atoms with Gasteiger partial charge in [-0.25, -0.2) is 0 Å². The SMILES string of the molecule is C=C(CCCC(=O)O)/C(=C\C(C#N)=C/C)NC(=O)[C@@H]1[C@H](C)[C@]12CCOc1ccc(C(=O)NCCC)cc12. The van der Waals surface area contributed by atoms with E-state index < -0.39 is 11.4 Å². The molecule has 3 atom stereocenters. The van der Waals surface area contributed by atoms with Crippen molar-refractivity contribution in [3.63, 3.8) is 0 Å². The maximum atomic E-state index is 13.6. The number of benzene rings is 1. The van der Waals surface area contributed by atoms with Crippen LogP contribution in [0.1, 0.15) is 68.8 Å². The van der Waals surface area contributed by atoms with Crippen LogP contribution in [0.3, 0.4) is 0 Å². The molecule has 0 saturated heterocycles. The minimum atomic E-state index is -0.900. The average Bonchev–Trinajstić information content (AvgIpc) is 3.47. The van der Waals surface area contributed by atoms with Crippen LogP contribution in [0.15, 0.2) is 53.8 Å². The van der Waals surface area contributed by atoms with Gasteiger partial charge in [0.25, 0.3) is 5.91 Å². The Morgan fingerprint density at radius 1 is 1.32 bits per heavy atom. The highest BCUT2D eigenvalue weighted by Gasteiger charge is 2.67. The summed E-state index contributed by atoms with van der Waals surface area (Å²) in [6.07, 6.45) is 5.43. The number of amides is 2. The summed E-state index contributed by atoms with van der Waals surface area (Å²) in [5.74, 6) is -0.894. The number of hydrogen-bond acceptors (Lipinski definition) is 5. The lowest BCUT2D eigenvalue weighted by molar-refractivity contribution is -0.137. The molecule has 0 radical (unpaired) electrons. The van der Waals surface area contributed by atoms with Gasteiger partial charge in [-0.2, -0.15) is 5.26 Å². The molecule has 0 unspecified atom stereocenters. The van der Waals surface area contributed by atoms with E-state index in [1.807, 2.05) is 19.9 Å². The zero-order valence-electron chi connectivity index (χ0n) is 21.7. The summed E-state index contributed by atoms with van der Waals surface area (Å²) in [6.45, 7) is 10.9. The van der Waals surface area contributed by atoms with Gasteiger partial charge in [0.1, 0.15) is 5.75 Å². The summed E-state index contributed by atoms with van der Waals surface area (Å²) in [7, 11) is 0. The molecule has 1 aliphatic carbocycles. The summed E-state index contributed by atoms with van der Waals surface area (Å²) in [4.78, 5) is 37.1. The molecule has 2 aliphatic rings. The molecule has 196 valence electrons. The number of nitriles is 1. The lowest BCUT2D eigenvalue weighted by atomic mass is 9.85. The molecule has 3 rings (SSSR count). The zero-order chi connectivity index (χ0) is 27.2. The Morgan fingerprint density at radius 2 is 2.08 bits per heavy atom. The molecule has 1 aromatic carbocycles. The Labute approximate surface area is 218 Å². The van der Waals surface area contributed by atoms with Crippen molar-refractivity contribution in [2.75, 3.05) is 13.2 Å². The van der Waals surface area contributed by atoms with Gasteiger partial charge < -0.3 is 20.5 Å². The zero-order valence-corrected chi connectivity index (χ0v) is 21.7. The molecule has 1 aromatic rings. The van der Waals surface area contributed by atoms with Crippen LogP contribution < -0.4 is 15.4 Å². The van der Waals surface area contributed by atoms with Crippen LogP contribution in [-0.2, 0) is 15.0 Å². The lowest BCUT2D eigenvalue weighted by Crippen LogP contribution is -2.31. The van der Waals surface area contributed by atoms with Gasteiger partial charge in [0.05, 0.1) is 18.6 Å². The summed E-state index contributed by atoms with van der Waals surface area (Å²) in [5, 5.41) is 24.2. The fraction of sp³-hybridized carbons (Fsp3) is 0.448. The van der Waals surface area contributed by atoms with E-state index in [1.165, 1.54) is 0 Å². The number of hydrogen-bond donors (Lipinski definition) is 3. The second-order valence-corrected chi connectivity index (χ2v) is 9.63. The highest BCUT2D eigenvalue weighted by molar-refractivity contribution is 5.95. The predicted molar refractivity (Wildman–Crippen MR) is 140 cm³/mol. The van der Waals surface area contributed by atoms with Crippen LogP contribution >= 0.6 is 0 Å². The van der Waals surface area contributed by atoms with Gasteiger partial charge in [-0.05, 0) is 68.4 Å². The van der Waals surface area contributed by atoms with Crippen LogP contribution in [-0.4, -0.2) is 36.0 Å². The van der Waals surface area contributed by atoms with Gasteiger partial charge in [-0.15, -0.1) is 0 Å². The van der Waals surface area contributed by atoms with E-state index in [-0.39, 0.29) is 30.1 Å². The third kappa shape index (κ3) is 5.93. The summed E-state index contributed by atoms with van der Waals surface area (Å²) in [6, 6.07) is 7.48. The van der Waals surface area contributed by atoms with E-state index in [0.717, 1.165) is 12.0 Å². The van der Waals surface area contributed by atoms with Crippen molar-refractivity contribution < 1.29 is 24.2 Å². The number of carbonyl (C=O) groups excluding carboxylic acids is 2. The van der Waals surface area contributed by atoms with E-state index in [2.05, 4.69) is 23.3 Å². The van der Waals surface area contributed by atoms with Crippen LogP contribution in [0.25, 0.3) is 0 Å². The molecule has 0 aromatic heterocycles. The minimum Gasteiger partial charge on any atom is -0.493 e. The fourth-order valence-electron chi connectivity index (χ4n) is 5.21. The number of rotatable bonds is 11. The molecule has 2 amide bonds. The first kappa shape index (κ1) is 27.7. The number of ether oxygens (including phenoxy) is 1. The first-order valence-corrected chi connectivity index (χ1v) is 12.7. The topological polar surface area (TPSA) is 129 Å². The van der Waals surface area contributed by atoms with Crippen molar-refractivity contribution in [1.29, 1.82) is 5.26 Å². The van der Waals surface area contributed by atoms with E-state index in [4.69, 9.17) is 9.84 Å². The maximum absolute atomic E-state index is 13.6. The second kappa shape index (κ2) is 11.9. The molecule has 1 spiro atoms. The van der Waals surface area contributed by atoms with Gasteiger partial charge in [0, 0.05) is 40.8 Å². The normalized spacial score (nSPS) is 22.3. The molecule has 1 saturated carbocycles. The van der Waals surface area contributed by atoms with Crippen LogP contribution in [0.2, 0.25) is 0 Å². The molecule has 0 bridgehead atoms. The predicted octanol–water partition coefficient (Wildman–Crippen LogP) is 4.39. The summed E-state index contributed by atoms with van der Waals surface area (Å²) >= 11 is 0. The van der Waals surface area contributed by atoms with Crippen LogP contribution in [0.5, 0.6) is 5.75 Å². The van der Waals surface area contributed by atoms with Crippen molar-refractivity contribution in [2.45, 2.75) is 58.3 Å². The Hall–Kier alpha value is -3.86. The van der Waals surface area contributed by atoms with Gasteiger partial charge in [-0.1, -0.05) is 26.5 Å². The molecule has 37 heavy (non-hydrogen) atoms.